The minimum atomic E-state index is -0.228. The van der Waals surface area contributed by atoms with E-state index in [-0.39, 0.29) is 24.0 Å². The van der Waals surface area contributed by atoms with Crippen LogP contribution in [0.1, 0.15) is 65.3 Å². The predicted octanol–water partition coefficient (Wildman–Crippen LogP) is 4.41. The molecule has 1 amide bonds. The number of nitrogens with one attached hydrogen (secondary N) is 2. The van der Waals surface area contributed by atoms with E-state index in [2.05, 4.69) is 50.1 Å². The van der Waals surface area contributed by atoms with Crippen LogP contribution in [0.3, 0.4) is 0 Å². The number of nitrogens with zero attached hydrogens (tertiary/aromatic N) is 4. The summed E-state index contributed by atoms with van der Waals surface area (Å²) in [6.45, 7) is 10.5. The second-order valence-corrected chi connectivity index (χ2v) is 11.5. The monoisotopic (exact) mass is 590 g/mol. The number of aryl methyl sites for hydroxylation is 2. The maximum absolute atomic E-state index is 13.7. The number of amides is 1. The van der Waals surface area contributed by atoms with E-state index in [0.717, 1.165) is 79.0 Å². The number of hydrogen-bond acceptors (Lipinski definition) is 8. The summed E-state index contributed by atoms with van der Waals surface area (Å²) < 4.78 is 10.4. The SMILES string of the molecule is CCN(c1cc(-c2cnc(OC)nc2)cc(C(=O)NCc2c(C)cc(C)[nH]c2=O)c1C)C1CCC(N(C)CCOC)CC1. The molecule has 0 saturated heterocycles. The van der Waals surface area contributed by atoms with Crippen LogP contribution in [0.5, 0.6) is 6.01 Å². The third-order valence-corrected chi connectivity index (χ3v) is 8.72. The van der Waals surface area contributed by atoms with Crippen LogP contribution in [0.2, 0.25) is 0 Å². The lowest BCUT2D eigenvalue weighted by Gasteiger charge is -2.41. The number of aromatic nitrogens is 3. The summed E-state index contributed by atoms with van der Waals surface area (Å²) in [5, 5.41) is 3.01. The molecule has 0 bridgehead atoms. The van der Waals surface area contributed by atoms with E-state index in [1.807, 2.05) is 32.9 Å². The van der Waals surface area contributed by atoms with Crippen molar-refractivity contribution in [3.63, 3.8) is 0 Å². The number of anilines is 1. The minimum absolute atomic E-state index is 0.142. The van der Waals surface area contributed by atoms with Crippen LogP contribution in [0.25, 0.3) is 11.1 Å². The van der Waals surface area contributed by atoms with E-state index in [1.54, 1.807) is 19.5 Å². The Kier molecular flexibility index (Phi) is 10.9. The third-order valence-electron chi connectivity index (χ3n) is 8.72. The zero-order chi connectivity index (χ0) is 31.1. The number of methoxy groups -OCH3 is 2. The van der Waals surface area contributed by atoms with Gasteiger partial charge in [-0.15, -0.1) is 0 Å². The van der Waals surface area contributed by atoms with Gasteiger partial charge in [-0.2, -0.15) is 0 Å². The number of aromatic amines is 1. The molecule has 1 aromatic carbocycles. The molecule has 10 heteroatoms. The molecule has 1 aliphatic rings. The van der Waals surface area contributed by atoms with Crippen LogP contribution in [-0.4, -0.2) is 78.8 Å². The van der Waals surface area contributed by atoms with Crippen LogP contribution in [-0.2, 0) is 11.3 Å². The highest BCUT2D eigenvalue weighted by Crippen LogP contribution is 2.35. The molecule has 2 heterocycles. The zero-order valence-corrected chi connectivity index (χ0v) is 26.6. The highest BCUT2D eigenvalue weighted by molar-refractivity contribution is 5.98. The van der Waals surface area contributed by atoms with Crippen LogP contribution >= 0.6 is 0 Å². The van der Waals surface area contributed by atoms with Gasteiger partial charge in [0.25, 0.3) is 11.5 Å². The summed E-state index contributed by atoms with van der Waals surface area (Å²) in [7, 11) is 5.46. The maximum Gasteiger partial charge on any atom is 0.316 e. The van der Waals surface area contributed by atoms with Crippen LogP contribution in [0, 0.1) is 20.8 Å². The summed E-state index contributed by atoms with van der Waals surface area (Å²) in [4.78, 5) is 42.6. The van der Waals surface area contributed by atoms with Crippen molar-refractivity contribution < 1.29 is 14.3 Å². The molecule has 2 aromatic heterocycles. The van der Waals surface area contributed by atoms with E-state index < -0.39 is 0 Å². The Balaban J connectivity index is 1.65. The molecule has 1 fully saturated rings. The quantitative estimate of drug-likeness (QED) is 0.319. The molecular weight excluding hydrogens is 544 g/mol. The van der Waals surface area contributed by atoms with Gasteiger partial charge in [-0.3, -0.25) is 9.59 Å². The molecular formula is C33H46N6O4. The number of ether oxygens (including phenoxy) is 2. The number of carbonyl (C=O) groups is 1. The van der Waals surface area contributed by atoms with Crippen LogP contribution < -0.4 is 20.5 Å². The molecule has 0 spiro atoms. The topological polar surface area (TPSA) is 113 Å². The third kappa shape index (κ3) is 7.61. The Morgan fingerprint density at radius 2 is 1.70 bits per heavy atom. The first-order valence-corrected chi connectivity index (χ1v) is 15.1. The normalized spacial score (nSPS) is 16.7. The van der Waals surface area contributed by atoms with Gasteiger partial charge in [0.2, 0.25) is 0 Å². The molecule has 3 aromatic rings. The Labute approximate surface area is 254 Å². The first-order valence-electron chi connectivity index (χ1n) is 15.1. The Morgan fingerprint density at radius 1 is 1.02 bits per heavy atom. The van der Waals surface area contributed by atoms with E-state index in [9.17, 15) is 9.59 Å². The van der Waals surface area contributed by atoms with Crippen molar-refractivity contribution in [2.75, 3.05) is 45.9 Å². The standard InChI is InChI=1S/C33H46N6O4/c1-8-39(27-11-9-26(10-12-27)38(5)13-14-42-6)30-17-24(25-18-35-33(43-7)36-19-25)16-28(23(30)4)31(40)34-20-29-21(2)15-22(3)37-32(29)41/h15-19,26-27H,8-14,20H2,1-7H3,(H,34,40)(H,37,41). The number of rotatable bonds is 12. The van der Waals surface area contributed by atoms with Crippen molar-refractivity contribution in [1.29, 1.82) is 0 Å². The summed E-state index contributed by atoms with van der Waals surface area (Å²) >= 11 is 0. The molecule has 232 valence electrons. The lowest BCUT2D eigenvalue weighted by Crippen LogP contribution is -2.44. The van der Waals surface area contributed by atoms with Gasteiger partial charge in [-0.25, -0.2) is 9.97 Å². The second-order valence-electron chi connectivity index (χ2n) is 11.5. The average molecular weight is 591 g/mol. The second kappa shape index (κ2) is 14.6. The van der Waals surface area contributed by atoms with Crippen LogP contribution in [0.15, 0.2) is 35.4 Å². The van der Waals surface area contributed by atoms with Gasteiger partial charge < -0.3 is 29.6 Å². The molecule has 0 unspecified atom stereocenters. The first-order chi connectivity index (χ1) is 20.7. The fraction of sp³-hybridized carbons (Fsp3) is 0.515. The lowest BCUT2D eigenvalue weighted by molar-refractivity contribution is 0.0950. The van der Waals surface area contributed by atoms with Crippen molar-refractivity contribution in [1.82, 2.24) is 25.2 Å². The van der Waals surface area contributed by atoms with Gasteiger partial charge in [0.05, 0.1) is 13.7 Å². The number of benzene rings is 1. The number of H-pyrrole nitrogens is 1. The van der Waals surface area contributed by atoms with Gasteiger partial charge >= 0.3 is 6.01 Å². The lowest BCUT2D eigenvalue weighted by atomic mass is 9.88. The fourth-order valence-corrected chi connectivity index (χ4v) is 6.19. The first kappa shape index (κ1) is 32.2. The highest BCUT2D eigenvalue weighted by Gasteiger charge is 2.29. The van der Waals surface area contributed by atoms with Crippen molar-refractivity contribution >= 4 is 11.6 Å². The number of likely N-dealkylation sites (N-methyl/N-ethyl adjacent to an activating group) is 1. The largest absolute Gasteiger partial charge is 0.467 e. The van der Waals surface area contributed by atoms with Crippen molar-refractivity contribution in [3.05, 3.63) is 68.9 Å². The minimum Gasteiger partial charge on any atom is -0.467 e. The molecule has 0 atom stereocenters. The van der Waals surface area contributed by atoms with E-state index in [1.165, 1.54) is 7.11 Å². The molecule has 4 rings (SSSR count). The fourth-order valence-electron chi connectivity index (χ4n) is 6.19. The average Bonchev–Trinajstić information content (AvgIpc) is 3.00. The van der Waals surface area contributed by atoms with Gasteiger partial charge in [0.1, 0.15) is 0 Å². The van der Waals surface area contributed by atoms with Gasteiger partial charge in [0.15, 0.2) is 0 Å². The van der Waals surface area contributed by atoms with Gasteiger partial charge in [-0.05, 0) is 95.3 Å². The van der Waals surface area contributed by atoms with Gasteiger partial charge in [-0.1, -0.05) is 0 Å². The Morgan fingerprint density at radius 3 is 2.30 bits per heavy atom. The summed E-state index contributed by atoms with van der Waals surface area (Å²) in [5.74, 6) is -0.228. The number of hydrogen-bond donors (Lipinski definition) is 2. The van der Waals surface area contributed by atoms with E-state index in [0.29, 0.717) is 23.2 Å². The zero-order valence-electron chi connectivity index (χ0n) is 26.6. The molecule has 2 N–H and O–H groups in total. The molecule has 43 heavy (non-hydrogen) atoms. The molecule has 1 aliphatic carbocycles. The summed E-state index contributed by atoms with van der Waals surface area (Å²) in [6, 6.07) is 7.15. The predicted molar refractivity (Wildman–Crippen MR) is 170 cm³/mol. The summed E-state index contributed by atoms with van der Waals surface area (Å²) in [6.07, 6.45) is 7.81. The van der Waals surface area contributed by atoms with Crippen molar-refractivity contribution in [2.45, 2.75) is 72.0 Å². The number of pyridine rings is 1. The van der Waals surface area contributed by atoms with E-state index in [4.69, 9.17) is 9.47 Å². The van der Waals surface area contributed by atoms with Crippen molar-refractivity contribution in [3.8, 4) is 17.1 Å². The molecule has 10 nitrogen and oxygen atoms in total. The molecule has 0 aliphatic heterocycles. The van der Waals surface area contributed by atoms with Crippen molar-refractivity contribution in [2.24, 2.45) is 0 Å². The Bertz CT molecular complexity index is 1450. The Hall–Kier alpha value is -3.76. The molecule has 1 saturated carbocycles. The summed E-state index contributed by atoms with van der Waals surface area (Å²) in [5.41, 5.74) is 6.17. The molecule has 0 radical (unpaired) electrons. The van der Waals surface area contributed by atoms with Gasteiger partial charge in [0, 0.05) is 79.3 Å². The van der Waals surface area contributed by atoms with Crippen LogP contribution in [0.4, 0.5) is 5.69 Å². The maximum atomic E-state index is 13.7. The van der Waals surface area contributed by atoms with E-state index >= 15 is 0 Å². The smallest absolute Gasteiger partial charge is 0.316 e. The number of carbonyl (C=O) groups excluding carboxylic acids is 1. The highest BCUT2D eigenvalue weighted by atomic mass is 16.5.